The maximum absolute atomic E-state index is 11.6. The first kappa shape index (κ1) is 18.5. The molecule has 0 aliphatic rings. The highest BCUT2D eigenvalue weighted by molar-refractivity contribution is 6.35. The minimum absolute atomic E-state index is 0.264. The SMILES string of the molecule is O=C(COc1ccc(Cl)cc1Cl)N/N=C/c1ccc(O)c([N+](=O)[O-])c1. The number of benzene rings is 2. The fourth-order valence-electron chi connectivity index (χ4n) is 1.71. The van der Waals surface area contributed by atoms with Crippen molar-refractivity contribution in [1.82, 2.24) is 5.43 Å². The van der Waals surface area contributed by atoms with E-state index in [9.17, 15) is 20.0 Å². The number of halogens is 2. The summed E-state index contributed by atoms with van der Waals surface area (Å²) in [5.41, 5.74) is 2.06. The number of hydrogen-bond acceptors (Lipinski definition) is 6. The number of nitrogens with zero attached hydrogens (tertiary/aromatic N) is 2. The van der Waals surface area contributed by atoms with E-state index in [1.54, 1.807) is 6.07 Å². The van der Waals surface area contributed by atoms with Gasteiger partial charge in [0.05, 0.1) is 16.2 Å². The number of hydrazone groups is 1. The van der Waals surface area contributed by atoms with Crippen LogP contribution < -0.4 is 10.2 Å². The standard InChI is InChI=1S/C15H11Cl2N3O5/c16-10-2-4-14(11(17)6-10)25-8-15(22)19-18-7-9-1-3-13(21)12(5-9)20(23)24/h1-7,21H,8H2,(H,19,22)/b18-7+. The summed E-state index contributed by atoms with van der Waals surface area (Å²) < 4.78 is 5.22. The van der Waals surface area contributed by atoms with Crippen molar-refractivity contribution < 1.29 is 19.6 Å². The zero-order chi connectivity index (χ0) is 18.4. The Bertz CT molecular complexity index is 842. The molecule has 0 spiro atoms. The maximum atomic E-state index is 11.6. The molecule has 0 saturated heterocycles. The van der Waals surface area contributed by atoms with Crippen molar-refractivity contribution in [1.29, 1.82) is 0 Å². The molecule has 0 aliphatic carbocycles. The van der Waals surface area contributed by atoms with Gasteiger partial charge in [-0.05, 0) is 30.3 Å². The number of carbonyl (C=O) groups excluding carboxylic acids is 1. The van der Waals surface area contributed by atoms with Crippen LogP contribution in [-0.2, 0) is 4.79 Å². The van der Waals surface area contributed by atoms with Crippen LogP contribution in [-0.4, -0.2) is 28.8 Å². The van der Waals surface area contributed by atoms with Gasteiger partial charge in [-0.3, -0.25) is 14.9 Å². The number of carbonyl (C=O) groups is 1. The van der Waals surface area contributed by atoms with Gasteiger partial charge < -0.3 is 9.84 Å². The average molecular weight is 384 g/mol. The summed E-state index contributed by atoms with van der Waals surface area (Å²) in [5, 5.41) is 24.4. The number of amides is 1. The first-order valence-electron chi connectivity index (χ1n) is 6.74. The molecule has 2 aromatic carbocycles. The Morgan fingerprint density at radius 1 is 1.32 bits per heavy atom. The molecule has 2 rings (SSSR count). The molecule has 0 heterocycles. The highest BCUT2D eigenvalue weighted by Crippen LogP contribution is 2.27. The van der Waals surface area contributed by atoms with Crippen molar-refractivity contribution in [3.63, 3.8) is 0 Å². The van der Waals surface area contributed by atoms with E-state index in [0.717, 1.165) is 12.1 Å². The summed E-state index contributed by atoms with van der Waals surface area (Å²) >= 11 is 11.7. The monoisotopic (exact) mass is 383 g/mol. The Morgan fingerprint density at radius 3 is 2.76 bits per heavy atom. The molecule has 25 heavy (non-hydrogen) atoms. The predicted molar refractivity (Wildman–Crippen MR) is 92.5 cm³/mol. The summed E-state index contributed by atoms with van der Waals surface area (Å²) in [6, 6.07) is 8.25. The van der Waals surface area contributed by atoms with Gasteiger partial charge in [-0.15, -0.1) is 0 Å². The van der Waals surface area contributed by atoms with Gasteiger partial charge in [0.15, 0.2) is 12.4 Å². The molecule has 0 aromatic heterocycles. The van der Waals surface area contributed by atoms with Gasteiger partial charge in [0, 0.05) is 16.7 Å². The van der Waals surface area contributed by atoms with Crippen molar-refractivity contribution in [2.24, 2.45) is 5.10 Å². The Hall–Kier alpha value is -2.84. The lowest BCUT2D eigenvalue weighted by atomic mass is 10.2. The van der Waals surface area contributed by atoms with Crippen molar-refractivity contribution in [3.05, 3.63) is 62.1 Å². The molecular weight excluding hydrogens is 373 g/mol. The maximum Gasteiger partial charge on any atom is 0.311 e. The third-order valence-corrected chi connectivity index (χ3v) is 3.38. The van der Waals surface area contributed by atoms with E-state index in [-0.39, 0.29) is 11.6 Å². The van der Waals surface area contributed by atoms with Gasteiger partial charge in [-0.25, -0.2) is 5.43 Å². The highest BCUT2D eigenvalue weighted by Gasteiger charge is 2.12. The Morgan fingerprint density at radius 2 is 2.08 bits per heavy atom. The van der Waals surface area contributed by atoms with Crippen LogP contribution in [0.25, 0.3) is 0 Å². The van der Waals surface area contributed by atoms with Gasteiger partial charge in [0.25, 0.3) is 5.91 Å². The van der Waals surface area contributed by atoms with E-state index in [0.29, 0.717) is 16.3 Å². The largest absolute Gasteiger partial charge is 0.502 e. The number of nitro groups is 1. The summed E-state index contributed by atoms with van der Waals surface area (Å²) in [4.78, 5) is 21.6. The minimum Gasteiger partial charge on any atom is -0.502 e. The second-order valence-electron chi connectivity index (χ2n) is 4.66. The van der Waals surface area contributed by atoms with Crippen LogP contribution in [0, 0.1) is 10.1 Å². The van der Waals surface area contributed by atoms with E-state index in [1.165, 1.54) is 24.4 Å². The summed E-state index contributed by atoms with van der Waals surface area (Å²) in [6.45, 7) is -0.339. The lowest BCUT2D eigenvalue weighted by Crippen LogP contribution is -2.24. The third kappa shape index (κ3) is 5.33. The van der Waals surface area contributed by atoms with Crippen molar-refractivity contribution in [2.75, 3.05) is 6.61 Å². The number of aromatic hydroxyl groups is 1. The van der Waals surface area contributed by atoms with Crippen LogP contribution in [0.2, 0.25) is 10.0 Å². The molecule has 0 unspecified atom stereocenters. The Kier molecular flexibility index (Phi) is 6.15. The second-order valence-corrected chi connectivity index (χ2v) is 5.51. The molecular formula is C15H11Cl2N3O5. The van der Waals surface area contributed by atoms with Gasteiger partial charge in [-0.2, -0.15) is 5.10 Å². The average Bonchev–Trinajstić information content (AvgIpc) is 2.55. The zero-order valence-corrected chi connectivity index (χ0v) is 14.0. The van der Waals surface area contributed by atoms with Crippen LogP contribution in [0.5, 0.6) is 11.5 Å². The van der Waals surface area contributed by atoms with Crippen LogP contribution in [0.4, 0.5) is 5.69 Å². The second kappa shape index (κ2) is 8.32. The zero-order valence-electron chi connectivity index (χ0n) is 12.5. The highest BCUT2D eigenvalue weighted by atomic mass is 35.5. The third-order valence-electron chi connectivity index (χ3n) is 2.85. The lowest BCUT2D eigenvalue weighted by Gasteiger charge is -2.06. The van der Waals surface area contributed by atoms with Crippen LogP contribution >= 0.6 is 23.2 Å². The van der Waals surface area contributed by atoms with Gasteiger partial charge >= 0.3 is 5.69 Å². The first-order valence-corrected chi connectivity index (χ1v) is 7.49. The van der Waals surface area contributed by atoms with E-state index < -0.39 is 22.3 Å². The van der Waals surface area contributed by atoms with Crippen LogP contribution in [0.1, 0.15) is 5.56 Å². The Labute approximate surface area is 151 Å². The quantitative estimate of drug-likeness (QED) is 0.451. The smallest absolute Gasteiger partial charge is 0.311 e. The minimum atomic E-state index is -0.727. The molecule has 2 N–H and O–H groups in total. The number of phenolic OH excluding ortho intramolecular Hbond substituents is 1. The van der Waals surface area contributed by atoms with E-state index in [4.69, 9.17) is 27.9 Å². The number of phenols is 1. The molecule has 10 heteroatoms. The van der Waals surface area contributed by atoms with Gasteiger partial charge in [-0.1, -0.05) is 23.2 Å². The first-order chi connectivity index (χ1) is 11.9. The molecule has 0 bridgehead atoms. The molecule has 0 saturated carbocycles. The molecule has 0 fully saturated rings. The number of rotatable bonds is 6. The van der Waals surface area contributed by atoms with Gasteiger partial charge in [0.1, 0.15) is 5.75 Å². The summed E-state index contributed by atoms with van der Waals surface area (Å²) in [5.74, 6) is -0.727. The summed E-state index contributed by atoms with van der Waals surface area (Å²) in [7, 11) is 0. The molecule has 0 aliphatic heterocycles. The Balaban J connectivity index is 1.90. The number of nitro benzene ring substituents is 1. The van der Waals surface area contributed by atoms with Crippen LogP contribution in [0.3, 0.4) is 0 Å². The van der Waals surface area contributed by atoms with E-state index in [2.05, 4.69) is 10.5 Å². The van der Waals surface area contributed by atoms with Crippen molar-refractivity contribution in [3.8, 4) is 11.5 Å². The molecule has 130 valence electrons. The topological polar surface area (TPSA) is 114 Å². The van der Waals surface area contributed by atoms with Crippen molar-refractivity contribution in [2.45, 2.75) is 0 Å². The molecule has 2 aromatic rings. The normalized spacial score (nSPS) is 10.6. The predicted octanol–water partition coefficient (Wildman–Crippen LogP) is 3.14. The molecule has 1 amide bonds. The van der Waals surface area contributed by atoms with Crippen LogP contribution in [0.15, 0.2) is 41.5 Å². The molecule has 0 radical (unpaired) electrons. The molecule has 0 atom stereocenters. The fourth-order valence-corrected chi connectivity index (χ4v) is 2.18. The molecule has 8 nitrogen and oxygen atoms in total. The van der Waals surface area contributed by atoms with E-state index in [1.807, 2.05) is 0 Å². The van der Waals surface area contributed by atoms with Crippen molar-refractivity contribution >= 4 is 41.0 Å². The van der Waals surface area contributed by atoms with E-state index >= 15 is 0 Å². The summed E-state index contributed by atoms with van der Waals surface area (Å²) in [6.07, 6.45) is 1.19. The van der Waals surface area contributed by atoms with Gasteiger partial charge in [0.2, 0.25) is 0 Å². The lowest BCUT2D eigenvalue weighted by molar-refractivity contribution is -0.385. The number of ether oxygens (including phenoxy) is 1. The number of hydrogen-bond donors (Lipinski definition) is 2. The number of nitrogens with one attached hydrogen (secondary N) is 1. The fraction of sp³-hybridized carbons (Fsp3) is 0.0667.